The van der Waals surface area contributed by atoms with Crippen LogP contribution < -0.4 is 26.2 Å². The average molecular weight is 362 g/mol. The highest BCUT2D eigenvalue weighted by molar-refractivity contribution is 5.98. The Hall–Kier alpha value is -2.81. The molecule has 2 aliphatic rings. The average Bonchev–Trinajstić information content (AvgIpc) is 3.07. The monoisotopic (exact) mass is 362 g/mol. The lowest BCUT2D eigenvalue weighted by molar-refractivity contribution is 0.0694. The number of nitrogens with two attached hydrogens (primary N) is 1. The van der Waals surface area contributed by atoms with Gasteiger partial charge in [-0.1, -0.05) is 0 Å². The van der Waals surface area contributed by atoms with Gasteiger partial charge in [-0.3, -0.25) is 14.9 Å². The lowest BCUT2D eigenvalue weighted by Crippen LogP contribution is -2.34. The van der Waals surface area contributed by atoms with Crippen molar-refractivity contribution in [1.82, 2.24) is 4.68 Å². The van der Waals surface area contributed by atoms with Gasteiger partial charge in [0, 0.05) is 13.1 Å². The van der Waals surface area contributed by atoms with E-state index in [-0.39, 0.29) is 35.0 Å². The molecule has 2 aliphatic heterocycles. The number of benzene rings is 1. The van der Waals surface area contributed by atoms with Crippen molar-refractivity contribution in [3.05, 3.63) is 33.4 Å². The molecule has 1 atom stereocenters. The number of nitrogens with one attached hydrogen (secondary N) is 1. The third-order valence-corrected chi connectivity index (χ3v) is 5.16. The van der Waals surface area contributed by atoms with Gasteiger partial charge >= 0.3 is 5.97 Å². The molecule has 1 fully saturated rings. The van der Waals surface area contributed by atoms with Crippen LogP contribution in [0.15, 0.2) is 10.9 Å². The van der Waals surface area contributed by atoms with Gasteiger partial charge in [0.05, 0.1) is 11.1 Å². The fourth-order valence-corrected chi connectivity index (χ4v) is 3.86. The maximum Gasteiger partial charge on any atom is 0.341 e. The molecule has 0 amide bonds. The van der Waals surface area contributed by atoms with E-state index in [2.05, 4.69) is 5.43 Å². The summed E-state index contributed by atoms with van der Waals surface area (Å²) in [6, 6.07) is 1.10. The van der Waals surface area contributed by atoms with E-state index >= 15 is 0 Å². The number of nitrogens with zero attached hydrogens (tertiary/aromatic N) is 2. The standard InChI is InChI=1S/C17H19FN4O4/c1-8-12(17(24)25)15(23)10-4-11(18)14(21-3-2-9(5-19)6-21)16-13(10)22(8)20-7-26-16/h4,9,20H,2-3,5-7,19H2,1H3,(H,24,25). The Kier molecular flexibility index (Phi) is 3.76. The highest BCUT2D eigenvalue weighted by Gasteiger charge is 2.32. The molecule has 1 unspecified atom stereocenters. The number of halogens is 1. The first kappa shape index (κ1) is 16.6. The van der Waals surface area contributed by atoms with Crippen molar-refractivity contribution in [3.8, 4) is 5.75 Å². The minimum atomic E-state index is -1.34. The summed E-state index contributed by atoms with van der Waals surface area (Å²) in [5.74, 6) is -1.41. The summed E-state index contributed by atoms with van der Waals surface area (Å²) in [6.45, 7) is 3.35. The second-order valence-electron chi connectivity index (χ2n) is 6.65. The molecular weight excluding hydrogens is 343 g/mol. The van der Waals surface area contributed by atoms with Gasteiger partial charge < -0.3 is 20.5 Å². The van der Waals surface area contributed by atoms with Crippen LogP contribution in [0.2, 0.25) is 0 Å². The number of hydrogen-bond donors (Lipinski definition) is 3. The molecule has 2 aromatic rings. The van der Waals surface area contributed by atoms with E-state index in [1.807, 2.05) is 4.90 Å². The van der Waals surface area contributed by atoms with Gasteiger partial charge in [-0.15, -0.1) is 0 Å². The van der Waals surface area contributed by atoms with Gasteiger partial charge in [0.15, 0.2) is 18.3 Å². The predicted molar refractivity (Wildman–Crippen MR) is 94.1 cm³/mol. The zero-order valence-corrected chi connectivity index (χ0v) is 14.2. The highest BCUT2D eigenvalue weighted by Crippen LogP contribution is 2.41. The van der Waals surface area contributed by atoms with Crippen molar-refractivity contribution in [2.75, 3.05) is 36.7 Å². The number of anilines is 1. The van der Waals surface area contributed by atoms with Crippen molar-refractivity contribution < 1.29 is 19.0 Å². The number of pyridine rings is 1. The number of carboxylic acids is 1. The van der Waals surface area contributed by atoms with Crippen LogP contribution in [0.4, 0.5) is 10.1 Å². The summed E-state index contributed by atoms with van der Waals surface area (Å²) in [5, 5.41) is 9.36. The SMILES string of the molecule is Cc1c(C(=O)O)c(=O)c2cc(F)c(N3CCC(CN)C3)c3c2n1NCO3. The van der Waals surface area contributed by atoms with Crippen LogP contribution in [0.3, 0.4) is 0 Å². The summed E-state index contributed by atoms with van der Waals surface area (Å²) < 4.78 is 22.1. The van der Waals surface area contributed by atoms with Crippen molar-refractivity contribution >= 4 is 22.6 Å². The van der Waals surface area contributed by atoms with Gasteiger partial charge in [0.25, 0.3) is 0 Å². The summed E-state index contributed by atoms with van der Waals surface area (Å²) in [5.41, 5.74) is 8.44. The van der Waals surface area contributed by atoms with Gasteiger partial charge in [0.2, 0.25) is 5.43 Å². The molecule has 3 heterocycles. The number of carbonyl (C=O) groups is 1. The summed E-state index contributed by atoms with van der Waals surface area (Å²) in [6.07, 6.45) is 0.857. The molecule has 4 N–H and O–H groups in total. The first-order valence-electron chi connectivity index (χ1n) is 8.40. The highest BCUT2D eigenvalue weighted by atomic mass is 19.1. The predicted octanol–water partition coefficient (Wildman–Crippen LogP) is 0.826. The first-order valence-corrected chi connectivity index (χ1v) is 8.40. The van der Waals surface area contributed by atoms with E-state index in [1.54, 1.807) is 0 Å². The topological polar surface area (TPSA) is 110 Å². The lowest BCUT2D eigenvalue weighted by atomic mass is 10.1. The van der Waals surface area contributed by atoms with Crippen LogP contribution in [0, 0.1) is 18.7 Å². The maximum absolute atomic E-state index is 15.0. The van der Waals surface area contributed by atoms with Crippen molar-refractivity contribution in [2.24, 2.45) is 11.7 Å². The minimum absolute atomic E-state index is 0.0222. The largest absolute Gasteiger partial charge is 0.477 e. The molecule has 1 aromatic heterocycles. The molecule has 138 valence electrons. The smallest absolute Gasteiger partial charge is 0.341 e. The van der Waals surface area contributed by atoms with Crippen LogP contribution in [-0.4, -0.2) is 42.1 Å². The Balaban J connectivity index is 2.03. The number of ether oxygens (including phenoxy) is 1. The Bertz CT molecular complexity index is 987. The van der Waals surface area contributed by atoms with Crippen molar-refractivity contribution in [2.45, 2.75) is 13.3 Å². The van der Waals surface area contributed by atoms with Crippen molar-refractivity contribution in [1.29, 1.82) is 0 Å². The van der Waals surface area contributed by atoms with Crippen LogP contribution in [0.25, 0.3) is 10.9 Å². The third kappa shape index (κ3) is 2.23. The molecule has 0 aliphatic carbocycles. The number of aromatic carboxylic acids is 1. The summed E-state index contributed by atoms with van der Waals surface area (Å²) in [4.78, 5) is 26.0. The Morgan fingerprint density at radius 3 is 2.96 bits per heavy atom. The van der Waals surface area contributed by atoms with E-state index in [0.717, 1.165) is 12.5 Å². The second kappa shape index (κ2) is 5.87. The molecule has 0 saturated carbocycles. The van der Waals surface area contributed by atoms with Crippen LogP contribution in [-0.2, 0) is 0 Å². The molecule has 0 bridgehead atoms. The second-order valence-corrected chi connectivity index (χ2v) is 6.65. The molecule has 1 saturated heterocycles. The molecule has 26 heavy (non-hydrogen) atoms. The molecule has 0 spiro atoms. The number of hydrogen-bond acceptors (Lipinski definition) is 6. The molecule has 8 nitrogen and oxygen atoms in total. The summed E-state index contributed by atoms with van der Waals surface area (Å²) >= 11 is 0. The summed E-state index contributed by atoms with van der Waals surface area (Å²) in [7, 11) is 0. The molecular formula is C17H19FN4O4. The Morgan fingerprint density at radius 1 is 1.54 bits per heavy atom. The lowest BCUT2D eigenvalue weighted by Gasteiger charge is -2.30. The normalized spacial score (nSPS) is 18.7. The zero-order chi connectivity index (χ0) is 18.6. The quantitative estimate of drug-likeness (QED) is 0.742. The zero-order valence-electron chi connectivity index (χ0n) is 14.2. The van der Waals surface area contributed by atoms with Gasteiger partial charge in [-0.2, -0.15) is 0 Å². The third-order valence-electron chi connectivity index (χ3n) is 5.16. The number of aromatic nitrogens is 1. The van der Waals surface area contributed by atoms with E-state index in [9.17, 15) is 19.1 Å². The number of rotatable bonds is 3. The van der Waals surface area contributed by atoms with E-state index in [1.165, 1.54) is 11.6 Å². The van der Waals surface area contributed by atoms with Crippen LogP contribution in [0.5, 0.6) is 5.75 Å². The van der Waals surface area contributed by atoms with Gasteiger partial charge in [-0.25, -0.2) is 9.18 Å². The van der Waals surface area contributed by atoms with Crippen LogP contribution >= 0.6 is 0 Å². The fraction of sp³-hybridized carbons (Fsp3) is 0.412. The Morgan fingerprint density at radius 2 is 2.31 bits per heavy atom. The van der Waals surface area contributed by atoms with E-state index in [4.69, 9.17) is 10.5 Å². The van der Waals surface area contributed by atoms with E-state index < -0.39 is 17.2 Å². The van der Waals surface area contributed by atoms with Crippen LogP contribution in [0.1, 0.15) is 22.5 Å². The molecule has 4 rings (SSSR count). The maximum atomic E-state index is 15.0. The fourth-order valence-electron chi connectivity index (χ4n) is 3.86. The molecule has 1 aromatic carbocycles. The van der Waals surface area contributed by atoms with Gasteiger partial charge in [-0.05, 0) is 31.9 Å². The molecule has 9 heteroatoms. The minimum Gasteiger partial charge on any atom is -0.477 e. The van der Waals surface area contributed by atoms with E-state index in [0.29, 0.717) is 30.8 Å². The number of carboxylic acid groups (broad SMARTS) is 1. The Labute approximate surface area is 147 Å². The first-order chi connectivity index (χ1) is 12.4. The van der Waals surface area contributed by atoms with Gasteiger partial charge in [0.1, 0.15) is 16.8 Å². The van der Waals surface area contributed by atoms with Crippen molar-refractivity contribution in [3.63, 3.8) is 0 Å². The molecule has 0 radical (unpaired) electrons.